The van der Waals surface area contributed by atoms with Crippen molar-refractivity contribution >= 4 is 16.6 Å². The Balaban J connectivity index is 4.87. The Labute approximate surface area is 213 Å². The quantitative estimate of drug-likeness (QED) is 0.107. The van der Waals surface area contributed by atoms with Crippen molar-refractivity contribution in [3.05, 3.63) is 0 Å². The van der Waals surface area contributed by atoms with Gasteiger partial charge in [-0.25, -0.2) is 0 Å². The smallest absolute Gasteiger partial charge is 0.173 e. The van der Waals surface area contributed by atoms with Crippen LogP contribution in [0.4, 0.5) is 0 Å². The lowest BCUT2D eigenvalue weighted by atomic mass is 10.2. The van der Waals surface area contributed by atoms with Gasteiger partial charge >= 0.3 is 0 Å². The lowest BCUT2D eigenvalue weighted by Crippen LogP contribution is -2.52. The first-order chi connectivity index (χ1) is 15.5. The molecular weight excluding hydrogens is 436 g/mol. The van der Waals surface area contributed by atoms with E-state index in [-0.39, 0.29) is 0 Å². The van der Waals surface area contributed by atoms with Crippen molar-refractivity contribution in [1.29, 1.82) is 0 Å². The maximum absolute atomic E-state index is 7.08. The second kappa shape index (κ2) is 16.9. The molecule has 0 aromatic heterocycles. The van der Waals surface area contributed by atoms with Crippen LogP contribution in [-0.2, 0) is 4.12 Å². The van der Waals surface area contributed by atoms with E-state index in [4.69, 9.17) is 4.12 Å². The molecule has 0 amide bonds. The van der Waals surface area contributed by atoms with Crippen molar-refractivity contribution in [2.45, 2.75) is 131 Å². The minimum absolute atomic E-state index is 1.31. The minimum atomic E-state index is -1.60. The number of nitrogens with zero attached hydrogens (tertiary/aromatic N) is 2. The Hall–Kier alpha value is 0.314. The monoisotopic (exact) mass is 502 g/mol. The van der Waals surface area contributed by atoms with Gasteiger partial charge in [0.25, 0.3) is 0 Å². The average molecular weight is 503 g/mol. The molecule has 0 atom stereocenters. The average Bonchev–Trinajstić information content (AvgIpc) is 2.68. The molecule has 0 aliphatic rings. The zero-order valence-electron chi connectivity index (χ0n) is 25.0. The highest BCUT2D eigenvalue weighted by atomic mass is 28.4. The molecule has 0 spiro atoms. The first-order valence-corrected chi connectivity index (χ1v) is 21.1. The highest BCUT2D eigenvalue weighted by Crippen LogP contribution is 2.26. The van der Waals surface area contributed by atoms with Crippen LogP contribution in [0, 0.1) is 0 Å². The molecule has 0 saturated heterocycles. The van der Waals surface area contributed by atoms with Gasteiger partial charge in [0.15, 0.2) is 16.6 Å². The van der Waals surface area contributed by atoms with Crippen LogP contribution < -0.4 is 0 Å². The molecule has 0 saturated carbocycles. The first-order valence-electron chi connectivity index (χ1n) is 14.9. The molecule has 0 radical (unpaired) electrons. The van der Waals surface area contributed by atoms with E-state index in [2.05, 4.69) is 67.7 Å². The van der Waals surface area contributed by atoms with Gasteiger partial charge in [0.1, 0.15) is 0 Å². The summed E-state index contributed by atoms with van der Waals surface area (Å²) < 4.78 is 9.78. The van der Waals surface area contributed by atoms with E-state index in [0.717, 1.165) is 0 Å². The van der Waals surface area contributed by atoms with E-state index in [1.54, 1.807) is 0 Å². The van der Waals surface area contributed by atoms with Crippen LogP contribution in [0.25, 0.3) is 0 Å². The van der Waals surface area contributed by atoms with Gasteiger partial charge in [-0.15, -0.1) is 0 Å². The molecule has 0 heterocycles. The van der Waals surface area contributed by atoms with E-state index in [9.17, 15) is 0 Å². The fourth-order valence-electron chi connectivity index (χ4n) is 6.72. The summed E-state index contributed by atoms with van der Waals surface area (Å²) in [7, 11) is -3.20. The van der Waals surface area contributed by atoms with Crippen molar-refractivity contribution < 1.29 is 13.1 Å². The third kappa shape index (κ3) is 13.8. The van der Waals surface area contributed by atoms with Crippen LogP contribution in [0.1, 0.15) is 92.9 Å². The third-order valence-electron chi connectivity index (χ3n) is 7.56. The fraction of sp³-hybridized carbons (Fsp3) is 1.00. The van der Waals surface area contributed by atoms with E-state index in [1.807, 2.05) is 0 Å². The topological polar surface area (TPSA) is 9.23 Å². The van der Waals surface area contributed by atoms with Crippen LogP contribution in [0.5, 0.6) is 0 Å². The molecule has 0 aliphatic heterocycles. The van der Waals surface area contributed by atoms with Gasteiger partial charge in [-0.05, 0) is 89.6 Å². The standard InChI is InChI=1S/C28H66N2OSi2/c1-11-19-29(20-12-2,21-13-3)25-17-27-32(7,8)31-33(9,10)28-18-26-30(22-14-4,23-15-5)24-16-6/h11-28H2,1-10H3/q+2. The van der Waals surface area contributed by atoms with Crippen molar-refractivity contribution in [2.75, 3.05) is 52.4 Å². The predicted molar refractivity (Wildman–Crippen MR) is 156 cm³/mol. The number of hydrogen-bond donors (Lipinski definition) is 0. The molecule has 0 N–H and O–H groups in total. The minimum Gasteiger partial charge on any atom is -0.455 e. The highest BCUT2D eigenvalue weighted by Gasteiger charge is 2.35. The van der Waals surface area contributed by atoms with E-state index in [1.165, 1.54) is 125 Å². The van der Waals surface area contributed by atoms with Crippen molar-refractivity contribution in [1.82, 2.24) is 0 Å². The molecule has 200 valence electrons. The second-order valence-corrected chi connectivity index (χ2v) is 21.2. The van der Waals surface area contributed by atoms with Crippen LogP contribution in [0.2, 0.25) is 38.3 Å². The van der Waals surface area contributed by atoms with Gasteiger partial charge in [-0.2, -0.15) is 0 Å². The molecule has 0 rings (SSSR count). The van der Waals surface area contributed by atoms with E-state index in [0.29, 0.717) is 0 Å². The molecule has 0 fully saturated rings. The van der Waals surface area contributed by atoms with Gasteiger partial charge in [0.05, 0.1) is 52.4 Å². The Morgan fingerprint density at radius 1 is 0.424 bits per heavy atom. The van der Waals surface area contributed by atoms with E-state index < -0.39 is 16.6 Å². The number of rotatable bonds is 22. The van der Waals surface area contributed by atoms with E-state index >= 15 is 0 Å². The summed E-state index contributed by atoms with van der Waals surface area (Å²) in [5, 5.41) is 0. The molecular formula is C28H66N2OSi2+2. The van der Waals surface area contributed by atoms with Crippen molar-refractivity contribution in [3.8, 4) is 0 Å². The number of quaternary nitrogens is 2. The molecule has 0 aromatic rings. The third-order valence-corrected chi connectivity index (χ3v) is 15.1. The van der Waals surface area contributed by atoms with Crippen molar-refractivity contribution in [3.63, 3.8) is 0 Å². The van der Waals surface area contributed by atoms with Crippen LogP contribution in [-0.4, -0.2) is 78.0 Å². The zero-order chi connectivity index (χ0) is 25.4. The van der Waals surface area contributed by atoms with Crippen LogP contribution in [0.3, 0.4) is 0 Å². The maximum Gasteiger partial charge on any atom is 0.173 e. The molecule has 0 aliphatic carbocycles. The van der Waals surface area contributed by atoms with Gasteiger partial charge < -0.3 is 13.1 Å². The summed E-state index contributed by atoms with van der Waals surface area (Å²) in [6.07, 6.45) is 10.6. The summed E-state index contributed by atoms with van der Waals surface area (Å²) in [5.41, 5.74) is 0. The SMILES string of the molecule is CCC[N+](CCC)(CCC)CCC[Si](C)(C)O[Si](C)(C)CCC[N+](CCC)(CCC)CCC. The van der Waals surface area contributed by atoms with Crippen molar-refractivity contribution in [2.24, 2.45) is 0 Å². The first kappa shape index (κ1) is 33.3. The Morgan fingerprint density at radius 2 is 0.667 bits per heavy atom. The Bertz CT molecular complexity index is 406. The lowest BCUT2D eigenvalue weighted by molar-refractivity contribution is -0.928. The summed E-state index contributed by atoms with van der Waals surface area (Å²) in [4.78, 5) is 0. The molecule has 5 heteroatoms. The van der Waals surface area contributed by atoms with Crippen LogP contribution in [0.15, 0.2) is 0 Å². The molecule has 0 aromatic carbocycles. The molecule has 0 bridgehead atoms. The summed E-state index contributed by atoms with van der Waals surface area (Å²) in [6, 6.07) is 2.67. The van der Waals surface area contributed by atoms with Gasteiger partial charge in [0.2, 0.25) is 0 Å². The van der Waals surface area contributed by atoms with Gasteiger partial charge in [0, 0.05) is 0 Å². The fourth-order valence-corrected chi connectivity index (χ4v) is 15.5. The highest BCUT2D eigenvalue weighted by molar-refractivity contribution is 6.84. The summed E-state index contributed by atoms with van der Waals surface area (Å²) >= 11 is 0. The van der Waals surface area contributed by atoms with Crippen LogP contribution >= 0.6 is 0 Å². The predicted octanol–water partition coefficient (Wildman–Crippen LogP) is 8.29. The molecule has 33 heavy (non-hydrogen) atoms. The zero-order valence-corrected chi connectivity index (χ0v) is 27.0. The Kier molecular flexibility index (Phi) is 17.0. The summed E-state index contributed by atoms with van der Waals surface area (Å²) in [5.74, 6) is 0. The second-order valence-electron chi connectivity index (χ2n) is 12.3. The number of hydrogen-bond acceptors (Lipinski definition) is 1. The Morgan fingerprint density at radius 3 is 0.879 bits per heavy atom. The molecule has 0 unspecified atom stereocenters. The largest absolute Gasteiger partial charge is 0.455 e. The maximum atomic E-state index is 7.08. The summed E-state index contributed by atoms with van der Waals surface area (Å²) in [6.45, 7) is 35.1. The van der Waals surface area contributed by atoms with Gasteiger partial charge in [-0.3, -0.25) is 0 Å². The lowest BCUT2D eigenvalue weighted by Gasteiger charge is -2.41. The normalized spacial score (nSPS) is 13.6. The van der Waals surface area contributed by atoms with Gasteiger partial charge in [-0.1, -0.05) is 41.5 Å². The molecule has 3 nitrogen and oxygen atoms in total.